The summed E-state index contributed by atoms with van der Waals surface area (Å²) in [6.45, 7) is 6.17. The maximum absolute atomic E-state index is 11.8. The number of carboxylic acids is 1. The van der Waals surface area contributed by atoms with Gasteiger partial charge in [-0.05, 0) is 73.5 Å². The van der Waals surface area contributed by atoms with E-state index < -0.39 is 5.97 Å². The Morgan fingerprint density at radius 2 is 1.88 bits per heavy atom. The fourth-order valence-corrected chi connectivity index (χ4v) is 7.37. The van der Waals surface area contributed by atoms with Crippen molar-refractivity contribution in [1.29, 1.82) is 0 Å². The number of carbonyl (C=O) groups excluding carboxylic acids is 1. The van der Waals surface area contributed by atoms with E-state index in [1.54, 1.807) is 0 Å². The van der Waals surface area contributed by atoms with E-state index in [0.717, 1.165) is 51.4 Å². The molecule has 4 aliphatic carbocycles. The van der Waals surface area contributed by atoms with E-state index in [9.17, 15) is 14.7 Å². The third-order valence-corrected chi connectivity index (χ3v) is 8.69. The highest BCUT2D eigenvalue weighted by molar-refractivity contribution is 5.71. The Hall–Kier alpha value is -1.32. The second-order valence-corrected chi connectivity index (χ2v) is 9.75. The van der Waals surface area contributed by atoms with E-state index in [0.29, 0.717) is 17.8 Å². The van der Waals surface area contributed by atoms with Crippen LogP contribution in [-0.4, -0.2) is 23.1 Å². The van der Waals surface area contributed by atoms with Gasteiger partial charge in [0, 0.05) is 13.3 Å². The summed E-state index contributed by atoms with van der Waals surface area (Å²) < 4.78 is 5.50. The molecule has 4 rings (SSSR count). The fourth-order valence-electron chi connectivity index (χ4n) is 7.37. The summed E-state index contributed by atoms with van der Waals surface area (Å²) in [6, 6.07) is 0. The van der Waals surface area contributed by atoms with Crippen molar-refractivity contribution in [3.63, 3.8) is 0 Å². The summed E-state index contributed by atoms with van der Waals surface area (Å²) in [5.74, 6) is 0.901. The normalized spacial score (nSPS) is 47.2. The lowest BCUT2D eigenvalue weighted by Crippen LogP contribution is -2.51. The van der Waals surface area contributed by atoms with E-state index in [-0.39, 0.29) is 28.8 Å². The molecule has 26 heavy (non-hydrogen) atoms. The lowest BCUT2D eigenvalue weighted by Gasteiger charge is -2.57. The minimum Gasteiger partial charge on any atom is -0.481 e. The van der Waals surface area contributed by atoms with Crippen LogP contribution in [0.3, 0.4) is 0 Å². The van der Waals surface area contributed by atoms with Gasteiger partial charge in [0.1, 0.15) is 6.10 Å². The number of esters is 1. The fraction of sp³-hybridized carbons (Fsp3) is 0.818. The molecule has 0 aromatic rings. The van der Waals surface area contributed by atoms with Gasteiger partial charge in [-0.15, -0.1) is 0 Å². The predicted octanol–water partition coefficient (Wildman–Crippen LogP) is 4.58. The largest absolute Gasteiger partial charge is 0.481 e. The summed E-state index contributed by atoms with van der Waals surface area (Å²) in [5, 5.41) is 9.70. The van der Waals surface area contributed by atoms with Gasteiger partial charge in [0.25, 0.3) is 0 Å². The first-order valence-electron chi connectivity index (χ1n) is 10.4. The zero-order chi connectivity index (χ0) is 18.7. The first-order valence-corrected chi connectivity index (χ1v) is 10.4. The summed E-state index contributed by atoms with van der Waals surface area (Å²) in [4.78, 5) is 23.1. The molecule has 4 aliphatic rings. The monoisotopic (exact) mass is 360 g/mol. The molecule has 0 amide bonds. The molecular weight excluding hydrogens is 328 g/mol. The molecule has 3 fully saturated rings. The average molecular weight is 360 g/mol. The third-order valence-electron chi connectivity index (χ3n) is 8.69. The van der Waals surface area contributed by atoms with Crippen LogP contribution in [-0.2, 0) is 14.3 Å². The maximum Gasteiger partial charge on any atom is 0.307 e. The van der Waals surface area contributed by atoms with Crippen LogP contribution < -0.4 is 0 Å². The van der Waals surface area contributed by atoms with Gasteiger partial charge < -0.3 is 9.84 Å². The highest BCUT2D eigenvalue weighted by Crippen LogP contribution is 2.66. The molecular formula is C22H32O4. The van der Waals surface area contributed by atoms with Crippen molar-refractivity contribution < 1.29 is 19.4 Å². The van der Waals surface area contributed by atoms with Gasteiger partial charge in [0.2, 0.25) is 0 Å². The number of hydrogen-bond acceptors (Lipinski definition) is 3. The number of carboxylic acid groups (broad SMARTS) is 1. The second kappa shape index (κ2) is 6.10. The van der Waals surface area contributed by atoms with Crippen LogP contribution in [0.15, 0.2) is 11.6 Å². The predicted molar refractivity (Wildman–Crippen MR) is 98.4 cm³/mol. The topological polar surface area (TPSA) is 63.6 Å². The SMILES string of the molecule is CC(=O)O[C@H]1CC[C@]2(C)C(=CC[C@H]3[C@@H]4CC[C@H](C(=O)O)[C@@]4(C)CC[C@@H]32)C1. The quantitative estimate of drug-likeness (QED) is 0.578. The van der Waals surface area contributed by atoms with Gasteiger partial charge >= 0.3 is 11.9 Å². The minimum atomic E-state index is -0.589. The molecule has 0 heterocycles. The first kappa shape index (κ1) is 18.1. The van der Waals surface area contributed by atoms with Crippen molar-refractivity contribution >= 4 is 11.9 Å². The van der Waals surface area contributed by atoms with Crippen molar-refractivity contribution in [2.24, 2.45) is 34.5 Å². The van der Waals surface area contributed by atoms with Crippen molar-refractivity contribution in [3.8, 4) is 0 Å². The van der Waals surface area contributed by atoms with Gasteiger partial charge in [-0.25, -0.2) is 0 Å². The van der Waals surface area contributed by atoms with E-state index in [1.165, 1.54) is 12.5 Å². The number of rotatable bonds is 2. The molecule has 0 bridgehead atoms. The molecule has 0 aromatic carbocycles. The van der Waals surface area contributed by atoms with Gasteiger partial charge in [-0.3, -0.25) is 9.59 Å². The zero-order valence-electron chi connectivity index (χ0n) is 16.3. The Kier molecular flexibility index (Phi) is 4.24. The lowest BCUT2D eigenvalue weighted by molar-refractivity contribution is -0.151. The summed E-state index contributed by atoms with van der Waals surface area (Å²) in [5.41, 5.74) is 1.68. The van der Waals surface area contributed by atoms with Crippen LogP contribution in [0.1, 0.15) is 72.1 Å². The first-order chi connectivity index (χ1) is 12.3. The number of hydrogen-bond donors (Lipinski definition) is 1. The van der Waals surface area contributed by atoms with E-state index >= 15 is 0 Å². The Morgan fingerprint density at radius 1 is 1.12 bits per heavy atom. The van der Waals surface area contributed by atoms with E-state index in [4.69, 9.17) is 4.74 Å². The Balaban J connectivity index is 1.59. The molecule has 4 heteroatoms. The second-order valence-electron chi connectivity index (χ2n) is 9.75. The number of allylic oxidation sites excluding steroid dienone is 1. The molecule has 0 unspecified atom stereocenters. The van der Waals surface area contributed by atoms with Crippen LogP contribution in [0.5, 0.6) is 0 Å². The van der Waals surface area contributed by atoms with Gasteiger partial charge in [0.15, 0.2) is 0 Å². The molecule has 3 saturated carbocycles. The van der Waals surface area contributed by atoms with Crippen LogP contribution in [0.2, 0.25) is 0 Å². The van der Waals surface area contributed by atoms with Crippen molar-refractivity contribution in [1.82, 2.24) is 0 Å². The van der Waals surface area contributed by atoms with Crippen LogP contribution in [0, 0.1) is 34.5 Å². The van der Waals surface area contributed by atoms with Crippen molar-refractivity contribution in [2.45, 2.75) is 78.2 Å². The smallest absolute Gasteiger partial charge is 0.307 e. The molecule has 1 N–H and O–H groups in total. The van der Waals surface area contributed by atoms with Crippen LogP contribution in [0.25, 0.3) is 0 Å². The number of carbonyl (C=O) groups is 2. The third kappa shape index (κ3) is 2.55. The molecule has 0 aromatic heterocycles. The molecule has 4 nitrogen and oxygen atoms in total. The van der Waals surface area contributed by atoms with Gasteiger partial charge in [0.05, 0.1) is 5.92 Å². The maximum atomic E-state index is 11.8. The lowest BCUT2D eigenvalue weighted by atomic mass is 9.47. The molecule has 7 atom stereocenters. The zero-order valence-corrected chi connectivity index (χ0v) is 16.3. The molecule has 0 saturated heterocycles. The van der Waals surface area contributed by atoms with Crippen molar-refractivity contribution in [3.05, 3.63) is 11.6 Å². The average Bonchev–Trinajstić information content (AvgIpc) is 2.92. The van der Waals surface area contributed by atoms with E-state index in [1.807, 2.05) is 0 Å². The van der Waals surface area contributed by atoms with Crippen molar-refractivity contribution in [2.75, 3.05) is 0 Å². The standard InChI is InChI=1S/C22H32O4/c1-13(23)26-15-8-10-21(2)14(12-15)4-5-16-17-6-7-19(20(24)25)22(17,3)11-9-18(16)21/h4,15-19H,5-12H2,1-3H3,(H,24,25)/t15-,16-,17-,18-,19+,21+,22-/m0/s1. The molecule has 0 aliphatic heterocycles. The highest BCUT2D eigenvalue weighted by atomic mass is 16.5. The number of fused-ring (bicyclic) bond motifs is 5. The summed E-state index contributed by atoms with van der Waals surface area (Å²) in [7, 11) is 0. The summed E-state index contributed by atoms with van der Waals surface area (Å²) >= 11 is 0. The van der Waals surface area contributed by atoms with E-state index in [2.05, 4.69) is 19.9 Å². The Morgan fingerprint density at radius 3 is 2.58 bits per heavy atom. The Bertz CT molecular complexity index is 653. The minimum absolute atomic E-state index is 0.0242. The molecule has 0 spiro atoms. The van der Waals surface area contributed by atoms with Gasteiger partial charge in [-0.1, -0.05) is 25.5 Å². The molecule has 0 radical (unpaired) electrons. The van der Waals surface area contributed by atoms with Gasteiger partial charge in [-0.2, -0.15) is 0 Å². The Labute approximate surface area is 156 Å². The highest BCUT2D eigenvalue weighted by Gasteiger charge is 2.60. The number of aliphatic carboxylic acids is 1. The molecule has 144 valence electrons. The van der Waals surface area contributed by atoms with Crippen LogP contribution >= 0.6 is 0 Å². The summed E-state index contributed by atoms with van der Waals surface area (Å²) in [6.07, 6.45) is 10.6. The number of ether oxygens (including phenoxy) is 1. The van der Waals surface area contributed by atoms with Crippen LogP contribution in [0.4, 0.5) is 0 Å².